The van der Waals surface area contributed by atoms with Crippen LogP contribution in [0.5, 0.6) is 0 Å². The molecule has 1 aromatic rings. The van der Waals surface area contributed by atoms with Gasteiger partial charge in [-0.25, -0.2) is 0 Å². The zero-order chi connectivity index (χ0) is 9.80. The van der Waals surface area contributed by atoms with E-state index < -0.39 is 0 Å². The van der Waals surface area contributed by atoms with Gasteiger partial charge in [-0.05, 0) is 25.1 Å². The van der Waals surface area contributed by atoms with Crippen molar-refractivity contribution in [1.29, 1.82) is 0 Å². The second kappa shape index (κ2) is 4.65. The van der Waals surface area contributed by atoms with Gasteiger partial charge >= 0.3 is 0 Å². The molecule has 0 unspecified atom stereocenters. The third-order valence-corrected chi connectivity index (χ3v) is 2.92. The van der Waals surface area contributed by atoms with Gasteiger partial charge < -0.3 is 4.98 Å². The van der Waals surface area contributed by atoms with E-state index in [1.54, 1.807) is 0 Å². The lowest BCUT2D eigenvalue weighted by Crippen LogP contribution is -2.26. The average Bonchev–Trinajstić information content (AvgIpc) is 2.53. The molecule has 0 saturated carbocycles. The van der Waals surface area contributed by atoms with Crippen LogP contribution in [-0.4, -0.2) is 16.4 Å². The molecule has 2 heterocycles. The van der Waals surface area contributed by atoms with Gasteiger partial charge in [-0.2, -0.15) is 0 Å². The summed E-state index contributed by atoms with van der Waals surface area (Å²) >= 11 is 0. The van der Waals surface area contributed by atoms with Crippen molar-refractivity contribution >= 4 is 0 Å². The van der Waals surface area contributed by atoms with Gasteiger partial charge in [-0.15, -0.1) is 0 Å². The minimum absolute atomic E-state index is 1.12. The summed E-state index contributed by atoms with van der Waals surface area (Å²) in [6, 6.07) is 4.42. The Hall–Kier alpha value is -0.760. The van der Waals surface area contributed by atoms with Crippen LogP contribution in [0.1, 0.15) is 44.0 Å². The normalized spacial score (nSPS) is 16.1. The number of hydrogen-bond acceptors (Lipinski definition) is 1. The largest absolute Gasteiger partial charge is 0.360 e. The molecule has 0 radical (unpaired) electrons. The summed E-state index contributed by atoms with van der Waals surface area (Å²) < 4.78 is 0. The van der Waals surface area contributed by atoms with E-state index in [1.165, 1.54) is 43.6 Å². The highest BCUT2D eigenvalue weighted by atomic mass is 15.2. The fourth-order valence-electron chi connectivity index (χ4n) is 2.13. The van der Waals surface area contributed by atoms with Crippen molar-refractivity contribution in [2.24, 2.45) is 0 Å². The van der Waals surface area contributed by atoms with Crippen LogP contribution in [-0.2, 0) is 13.1 Å². The number of nitrogens with zero attached hydrogens (tertiary/aromatic N) is 1. The Morgan fingerprint density at radius 1 is 1.14 bits per heavy atom. The van der Waals surface area contributed by atoms with Gasteiger partial charge in [0, 0.05) is 24.5 Å². The molecule has 0 saturated heterocycles. The van der Waals surface area contributed by atoms with E-state index in [4.69, 9.17) is 0 Å². The maximum atomic E-state index is 3.40. The molecule has 2 rings (SSSR count). The van der Waals surface area contributed by atoms with Crippen molar-refractivity contribution in [2.75, 3.05) is 6.54 Å². The first-order valence-corrected chi connectivity index (χ1v) is 5.77. The number of aromatic amines is 1. The number of aromatic nitrogens is 1. The predicted octanol–water partition coefficient (Wildman–Crippen LogP) is 2.91. The summed E-state index contributed by atoms with van der Waals surface area (Å²) in [5.41, 5.74) is 2.75. The van der Waals surface area contributed by atoms with Crippen molar-refractivity contribution < 1.29 is 0 Å². The Bertz CT molecular complexity index is 257. The van der Waals surface area contributed by atoms with Crippen molar-refractivity contribution in [3.8, 4) is 0 Å². The van der Waals surface area contributed by atoms with Crippen LogP contribution in [0.3, 0.4) is 0 Å². The number of nitrogens with one attached hydrogen (secondary N) is 1. The topological polar surface area (TPSA) is 19.0 Å². The molecule has 2 bridgehead atoms. The second-order valence-electron chi connectivity index (χ2n) is 4.28. The number of rotatable bonds is 5. The fourth-order valence-corrected chi connectivity index (χ4v) is 2.13. The van der Waals surface area contributed by atoms with Crippen LogP contribution in [0.4, 0.5) is 0 Å². The SMILES string of the molecule is CCCCCCN1Cc2ccc([nH]2)C1. The molecule has 0 atom stereocenters. The van der Waals surface area contributed by atoms with Crippen LogP contribution in [0.15, 0.2) is 12.1 Å². The monoisotopic (exact) mass is 192 g/mol. The van der Waals surface area contributed by atoms with Gasteiger partial charge in [-0.3, -0.25) is 4.90 Å². The lowest BCUT2D eigenvalue weighted by molar-refractivity contribution is 0.235. The predicted molar refractivity (Wildman–Crippen MR) is 59.0 cm³/mol. The summed E-state index contributed by atoms with van der Waals surface area (Å²) in [5.74, 6) is 0. The molecule has 0 aliphatic carbocycles. The minimum Gasteiger partial charge on any atom is -0.360 e. The van der Waals surface area contributed by atoms with E-state index in [0.29, 0.717) is 0 Å². The van der Waals surface area contributed by atoms with Gasteiger partial charge in [-0.1, -0.05) is 26.2 Å². The lowest BCUT2D eigenvalue weighted by Gasteiger charge is -2.23. The van der Waals surface area contributed by atoms with E-state index in [-0.39, 0.29) is 0 Å². The third-order valence-electron chi connectivity index (χ3n) is 2.92. The van der Waals surface area contributed by atoms with Crippen LogP contribution in [0, 0.1) is 0 Å². The van der Waals surface area contributed by atoms with Crippen LogP contribution < -0.4 is 0 Å². The third kappa shape index (κ3) is 2.38. The Morgan fingerprint density at radius 3 is 2.50 bits per heavy atom. The van der Waals surface area contributed by atoms with Crippen LogP contribution >= 0.6 is 0 Å². The van der Waals surface area contributed by atoms with Crippen molar-refractivity contribution in [3.05, 3.63) is 23.5 Å². The Morgan fingerprint density at radius 2 is 1.86 bits per heavy atom. The van der Waals surface area contributed by atoms with Crippen LogP contribution in [0.2, 0.25) is 0 Å². The molecular weight excluding hydrogens is 172 g/mol. The van der Waals surface area contributed by atoms with Gasteiger partial charge in [0.1, 0.15) is 0 Å². The molecule has 14 heavy (non-hydrogen) atoms. The molecule has 1 aromatic heterocycles. The van der Waals surface area contributed by atoms with Crippen molar-refractivity contribution in [2.45, 2.75) is 45.7 Å². The highest BCUT2D eigenvalue weighted by Gasteiger charge is 2.13. The quantitative estimate of drug-likeness (QED) is 0.711. The first-order valence-electron chi connectivity index (χ1n) is 5.77. The van der Waals surface area contributed by atoms with E-state index >= 15 is 0 Å². The summed E-state index contributed by atoms with van der Waals surface area (Å²) in [5, 5.41) is 0. The molecule has 0 fully saturated rings. The minimum atomic E-state index is 1.12. The summed E-state index contributed by atoms with van der Waals surface area (Å²) in [4.78, 5) is 5.94. The first-order chi connectivity index (χ1) is 6.88. The Labute approximate surface area is 86.3 Å². The highest BCUT2D eigenvalue weighted by molar-refractivity contribution is 5.16. The first kappa shape index (κ1) is 9.78. The number of H-pyrrole nitrogens is 1. The number of fused-ring (bicyclic) bond motifs is 2. The molecule has 0 amide bonds. The molecule has 0 spiro atoms. The average molecular weight is 192 g/mol. The zero-order valence-electron chi connectivity index (χ0n) is 9.05. The van der Waals surface area contributed by atoms with Gasteiger partial charge in [0.05, 0.1) is 0 Å². The maximum Gasteiger partial charge on any atom is 0.0389 e. The molecule has 2 nitrogen and oxygen atoms in total. The van der Waals surface area contributed by atoms with Crippen molar-refractivity contribution in [3.63, 3.8) is 0 Å². The molecule has 1 aliphatic rings. The summed E-state index contributed by atoms with van der Waals surface area (Å²) in [6.45, 7) is 5.76. The maximum absolute atomic E-state index is 3.40. The summed E-state index contributed by atoms with van der Waals surface area (Å²) in [6.07, 6.45) is 5.46. The van der Waals surface area contributed by atoms with Gasteiger partial charge in [0.2, 0.25) is 0 Å². The molecule has 1 N–H and O–H groups in total. The molecular formula is C12H20N2. The zero-order valence-corrected chi connectivity index (χ0v) is 9.05. The van der Waals surface area contributed by atoms with E-state index in [0.717, 1.165) is 13.1 Å². The second-order valence-corrected chi connectivity index (χ2v) is 4.28. The Kier molecular flexibility index (Phi) is 3.25. The molecule has 2 heteroatoms. The van der Waals surface area contributed by atoms with Gasteiger partial charge in [0.25, 0.3) is 0 Å². The van der Waals surface area contributed by atoms with E-state index in [1.807, 2.05) is 0 Å². The highest BCUT2D eigenvalue weighted by Crippen LogP contribution is 2.16. The molecule has 78 valence electrons. The Balaban J connectivity index is 1.70. The number of unbranched alkanes of at least 4 members (excludes halogenated alkanes) is 3. The fraction of sp³-hybridized carbons (Fsp3) is 0.667. The van der Waals surface area contributed by atoms with Crippen molar-refractivity contribution in [1.82, 2.24) is 9.88 Å². The molecule has 0 aromatic carbocycles. The van der Waals surface area contributed by atoms with E-state index in [9.17, 15) is 0 Å². The smallest absolute Gasteiger partial charge is 0.0389 e. The number of hydrogen-bond donors (Lipinski definition) is 1. The standard InChI is InChI=1S/C12H20N2/c1-2-3-4-5-8-14-9-11-6-7-12(10-14)13-11/h6-7,13H,2-5,8-10H2,1H3. The summed E-state index contributed by atoms with van der Waals surface area (Å²) in [7, 11) is 0. The van der Waals surface area contributed by atoms with Gasteiger partial charge in [0.15, 0.2) is 0 Å². The lowest BCUT2D eigenvalue weighted by atomic mass is 10.2. The van der Waals surface area contributed by atoms with Crippen LogP contribution in [0.25, 0.3) is 0 Å². The molecule has 1 aliphatic heterocycles. The van der Waals surface area contributed by atoms with E-state index in [2.05, 4.69) is 28.9 Å².